The zero-order valence-electron chi connectivity index (χ0n) is 10.6. The lowest BCUT2D eigenvalue weighted by molar-refractivity contribution is 0.0680. The van der Waals surface area contributed by atoms with Crippen molar-refractivity contribution >= 4 is 35.1 Å². The molecule has 0 heterocycles. The quantitative estimate of drug-likeness (QED) is 0.668. The van der Waals surface area contributed by atoms with Crippen molar-refractivity contribution in [2.45, 2.75) is 0 Å². The molecule has 0 fully saturated rings. The summed E-state index contributed by atoms with van der Waals surface area (Å²) < 4.78 is 31.2. The number of carboxylic acids is 1. The van der Waals surface area contributed by atoms with Crippen LogP contribution in [0.4, 0.5) is 8.78 Å². The molecular formula is C14H6Cl2F2O4. The molecule has 0 unspecified atom stereocenters. The summed E-state index contributed by atoms with van der Waals surface area (Å²) in [6, 6.07) is 4.43. The third-order valence-electron chi connectivity index (χ3n) is 2.58. The predicted molar refractivity (Wildman–Crippen MR) is 74.7 cm³/mol. The van der Waals surface area contributed by atoms with Crippen LogP contribution in [0.2, 0.25) is 10.0 Å². The van der Waals surface area contributed by atoms with Crippen LogP contribution in [0, 0.1) is 11.6 Å². The lowest BCUT2D eigenvalue weighted by Crippen LogP contribution is -2.13. The number of ether oxygens (including phenoxy) is 1. The largest absolute Gasteiger partial charge is 0.478 e. The third kappa shape index (κ3) is 3.35. The van der Waals surface area contributed by atoms with Crippen LogP contribution in [0.15, 0.2) is 30.3 Å². The monoisotopic (exact) mass is 346 g/mol. The van der Waals surface area contributed by atoms with Crippen LogP contribution < -0.4 is 4.74 Å². The third-order valence-corrected chi connectivity index (χ3v) is 3.08. The number of halogens is 4. The number of hydrogen-bond donors (Lipinski definition) is 1. The number of esters is 1. The van der Waals surface area contributed by atoms with E-state index in [1.54, 1.807) is 0 Å². The van der Waals surface area contributed by atoms with Crippen molar-refractivity contribution < 1.29 is 28.2 Å². The maximum absolute atomic E-state index is 13.5. The zero-order valence-corrected chi connectivity index (χ0v) is 12.1. The number of aromatic carboxylic acids is 1. The number of benzene rings is 2. The molecule has 0 radical (unpaired) electrons. The van der Waals surface area contributed by atoms with Gasteiger partial charge in [0.2, 0.25) is 0 Å². The Kier molecular flexibility index (Phi) is 4.63. The summed E-state index contributed by atoms with van der Waals surface area (Å²) in [6.45, 7) is 0. The first-order valence-electron chi connectivity index (χ1n) is 5.69. The fraction of sp³-hybridized carbons (Fsp3) is 0. The van der Waals surface area contributed by atoms with E-state index in [-0.39, 0.29) is 10.0 Å². The Bertz CT molecular complexity index is 778. The maximum atomic E-state index is 13.5. The summed E-state index contributed by atoms with van der Waals surface area (Å²) >= 11 is 11.5. The van der Waals surface area contributed by atoms with Crippen molar-refractivity contribution in [2.24, 2.45) is 0 Å². The van der Waals surface area contributed by atoms with Crippen molar-refractivity contribution in [2.75, 3.05) is 0 Å². The van der Waals surface area contributed by atoms with Crippen LogP contribution in [0.5, 0.6) is 5.75 Å². The standard InChI is InChI=1S/C14H6Cl2F2O4/c15-6-3-9(13(19)20)12(10(16)4-6)22-14(21)8-2-1-7(17)5-11(8)18/h1-5H,(H,19,20). The molecule has 0 saturated heterocycles. The molecule has 2 rings (SSSR count). The molecule has 4 nitrogen and oxygen atoms in total. The lowest BCUT2D eigenvalue weighted by atomic mass is 10.2. The van der Waals surface area contributed by atoms with Gasteiger partial charge in [-0.2, -0.15) is 0 Å². The minimum absolute atomic E-state index is 0.0233. The number of carboxylic acid groups (broad SMARTS) is 1. The van der Waals surface area contributed by atoms with Gasteiger partial charge >= 0.3 is 11.9 Å². The Labute approximate surface area is 132 Å². The SMILES string of the molecule is O=C(Oc1c(Cl)cc(Cl)cc1C(=O)O)c1ccc(F)cc1F. The first kappa shape index (κ1) is 16.2. The fourth-order valence-electron chi connectivity index (χ4n) is 1.63. The van der Waals surface area contributed by atoms with Gasteiger partial charge in [-0.25, -0.2) is 18.4 Å². The molecular weight excluding hydrogens is 341 g/mol. The number of carbonyl (C=O) groups excluding carboxylic acids is 1. The van der Waals surface area contributed by atoms with Gasteiger partial charge in [0.25, 0.3) is 0 Å². The minimum Gasteiger partial charge on any atom is -0.478 e. The first-order chi connectivity index (χ1) is 10.3. The highest BCUT2D eigenvalue weighted by Gasteiger charge is 2.22. The summed E-state index contributed by atoms with van der Waals surface area (Å²) in [4.78, 5) is 23.0. The van der Waals surface area contributed by atoms with Crippen molar-refractivity contribution in [1.29, 1.82) is 0 Å². The number of carbonyl (C=O) groups is 2. The predicted octanol–water partition coefficient (Wildman–Crippen LogP) is 4.19. The normalized spacial score (nSPS) is 10.4. The summed E-state index contributed by atoms with van der Waals surface area (Å²) in [7, 11) is 0. The molecule has 8 heteroatoms. The molecule has 2 aromatic rings. The molecule has 2 aromatic carbocycles. The lowest BCUT2D eigenvalue weighted by Gasteiger charge is -2.10. The second kappa shape index (κ2) is 6.29. The highest BCUT2D eigenvalue weighted by Crippen LogP contribution is 2.33. The molecule has 0 atom stereocenters. The summed E-state index contributed by atoms with van der Waals surface area (Å²) in [5.41, 5.74) is -1.03. The number of rotatable bonds is 3. The Morgan fingerprint density at radius 2 is 1.73 bits per heavy atom. The Hall–Kier alpha value is -2.18. The van der Waals surface area contributed by atoms with Gasteiger partial charge in [-0.1, -0.05) is 23.2 Å². The van der Waals surface area contributed by atoms with Gasteiger partial charge in [-0.15, -0.1) is 0 Å². The summed E-state index contributed by atoms with van der Waals surface area (Å²) in [6.07, 6.45) is 0. The molecule has 1 N–H and O–H groups in total. The van der Waals surface area contributed by atoms with E-state index in [0.717, 1.165) is 18.2 Å². The van der Waals surface area contributed by atoms with Crippen molar-refractivity contribution in [3.63, 3.8) is 0 Å². The molecule has 22 heavy (non-hydrogen) atoms. The summed E-state index contributed by atoms with van der Waals surface area (Å²) in [5.74, 6) is -5.15. The van der Waals surface area contributed by atoms with Crippen molar-refractivity contribution in [3.8, 4) is 5.75 Å². The van der Waals surface area contributed by atoms with Crippen LogP contribution >= 0.6 is 23.2 Å². The van der Waals surface area contributed by atoms with Gasteiger partial charge in [0, 0.05) is 11.1 Å². The second-order valence-corrected chi connectivity index (χ2v) is 4.93. The smallest absolute Gasteiger partial charge is 0.346 e. The Balaban J connectivity index is 2.42. The average Bonchev–Trinajstić information content (AvgIpc) is 2.40. The molecule has 114 valence electrons. The molecule has 0 saturated carbocycles. The minimum atomic E-state index is -1.44. The highest BCUT2D eigenvalue weighted by atomic mass is 35.5. The van der Waals surface area contributed by atoms with Gasteiger partial charge in [-0.05, 0) is 24.3 Å². The number of hydrogen-bond acceptors (Lipinski definition) is 3. The fourth-order valence-corrected chi connectivity index (χ4v) is 2.16. The van der Waals surface area contributed by atoms with E-state index in [1.165, 1.54) is 6.07 Å². The molecule has 0 spiro atoms. The van der Waals surface area contributed by atoms with E-state index in [1.807, 2.05) is 0 Å². The average molecular weight is 347 g/mol. The Morgan fingerprint density at radius 1 is 1.05 bits per heavy atom. The van der Waals surface area contributed by atoms with Crippen LogP contribution in [-0.2, 0) is 0 Å². The van der Waals surface area contributed by atoms with Crippen LogP contribution in [0.25, 0.3) is 0 Å². The van der Waals surface area contributed by atoms with Crippen LogP contribution in [0.1, 0.15) is 20.7 Å². The Morgan fingerprint density at radius 3 is 2.32 bits per heavy atom. The summed E-state index contributed by atoms with van der Waals surface area (Å²) in [5, 5.41) is 8.84. The van der Waals surface area contributed by atoms with E-state index in [4.69, 9.17) is 33.0 Å². The van der Waals surface area contributed by atoms with E-state index < -0.39 is 40.4 Å². The second-order valence-electron chi connectivity index (χ2n) is 4.08. The van der Waals surface area contributed by atoms with Gasteiger partial charge in [-0.3, -0.25) is 0 Å². The maximum Gasteiger partial charge on any atom is 0.346 e. The van der Waals surface area contributed by atoms with E-state index >= 15 is 0 Å². The van der Waals surface area contributed by atoms with Crippen molar-refractivity contribution in [1.82, 2.24) is 0 Å². The van der Waals surface area contributed by atoms with Crippen molar-refractivity contribution in [3.05, 3.63) is 63.1 Å². The van der Waals surface area contributed by atoms with E-state index in [9.17, 15) is 18.4 Å². The molecule has 0 amide bonds. The van der Waals surface area contributed by atoms with Crippen LogP contribution in [-0.4, -0.2) is 17.0 Å². The van der Waals surface area contributed by atoms with Crippen LogP contribution in [0.3, 0.4) is 0 Å². The van der Waals surface area contributed by atoms with E-state index in [2.05, 4.69) is 0 Å². The molecule has 0 aliphatic rings. The van der Waals surface area contributed by atoms with Gasteiger partial charge in [0.15, 0.2) is 5.75 Å². The molecule has 0 bridgehead atoms. The first-order valence-corrected chi connectivity index (χ1v) is 6.44. The molecule has 0 aromatic heterocycles. The van der Waals surface area contributed by atoms with Gasteiger partial charge < -0.3 is 9.84 Å². The van der Waals surface area contributed by atoms with E-state index in [0.29, 0.717) is 6.07 Å². The van der Waals surface area contributed by atoms with Gasteiger partial charge in [0.1, 0.15) is 17.2 Å². The zero-order chi connectivity index (χ0) is 16.4. The topological polar surface area (TPSA) is 63.6 Å². The van der Waals surface area contributed by atoms with Gasteiger partial charge in [0.05, 0.1) is 10.6 Å². The molecule has 0 aliphatic heterocycles. The highest BCUT2D eigenvalue weighted by molar-refractivity contribution is 6.36. The molecule has 0 aliphatic carbocycles.